The maximum absolute atomic E-state index is 12.4. The van der Waals surface area contributed by atoms with Gasteiger partial charge in [0.05, 0.1) is 0 Å². The summed E-state index contributed by atoms with van der Waals surface area (Å²) >= 11 is 0. The van der Waals surface area contributed by atoms with Gasteiger partial charge < -0.3 is 0 Å². The lowest BCUT2D eigenvalue weighted by Gasteiger charge is -2.06. The van der Waals surface area contributed by atoms with Crippen molar-refractivity contribution in [3.63, 3.8) is 0 Å². The number of aryl methyl sites for hydroxylation is 1. The van der Waals surface area contributed by atoms with E-state index < -0.39 is 6.43 Å². The first-order chi connectivity index (χ1) is 6.02. The zero-order chi connectivity index (χ0) is 10.0. The summed E-state index contributed by atoms with van der Waals surface area (Å²) in [7, 11) is 0. The van der Waals surface area contributed by atoms with Gasteiger partial charge in [-0.25, -0.2) is 8.78 Å². The molecule has 1 aromatic rings. The first-order valence-electron chi connectivity index (χ1n) is 3.92. The van der Waals surface area contributed by atoms with Crippen LogP contribution in [0, 0.1) is 6.92 Å². The summed E-state index contributed by atoms with van der Waals surface area (Å²) in [5.74, 6) is -0.320. The predicted molar refractivity (Wildman–Crippen MR) is 46.1 cm³/mol. The Morgan fingerprint density at radius 3 is 2.46 bits per heavy atom. The minimum Gasteiger partial charge on any atom is -0.294 e. The fraction of sp³-hybridized carbons (Fsp3) is 0.300. The smallest absolute Gasteiger partial charge is 0.264 e. The van der Waals surface area contributed by atoms with Gasteiger partial charge >= 0.3 is 0 Å². The maximum atomic E-state index is 12.4. The molecule has 0 amide bonds. The van der Waals surface area contributed by atoms with Crippen molar-refractivity contribution in [1.82, 2.24) is 0 Å². The van der Waals surface area contributed by atoms with Gasteiger partial charge in [-0.15, -0.1) is 0 Å². The van der Waals surface area contributed by atoms with E-state index in [0.29, 0.717) is 0 Å². The van der Waals surface area contributed by atoms with Crippen molar-refractivity contribution in [3.05, 3.63) is 34.9 Å². The lowest BCUT2D eigenvalue weighted by Crippen LogP contribution is -2.00. The Morgan fingerprint density at radius 2 is 2.00 bits per heavy atom. The van der Waals surface area contributed by atoms with Crippen LogP contribution in [-0.4, -0.2) is 5.78 Å². The van der Waals surface area contributed by atoms with E-state index in [1.54, 1.807) is 13.0 Å². The highest BCUT2D eigenvalue weighted by Gasteiger charge is 2.15. The lowest BCUT2D eigenvalue weighted by molar-refractivity contribution is 0.0999. The zero-order valence-corrected chi connectivity index (χ0v) is 7.47. The Morgan fingerprint density at radius 1 is 1.38 bits per heavy atom. The van der Waals surface area contributed by atoms with Crippen molar-refractivity contribution in [2.45, 2.75) is 20.3 Å². The van der Waals surface area contributed by atoms with Gasteiger partial charge in [-0.3, -0.25) is 4.79 Å². The average Bonchev–Trinajstić information content (AvgIpc) is 2.03. The van der Waals surface area contributed by atoms with Gasteiger partial charge in [0.1, 0.15) is 0 Å². The van der Waals surface area contributed by atoms with Crippen LogP contribution >= 0.6 is 0 Å². The van der Waals surface area contributed by atoms with Crippen LogP contribution in [0.2, 0.25) is 0 Å². The van der Waals surface area contributed by atoms with Gasteiger partial charge in [0.2, 0.25) is 0 Å². The topological polar surface area (TPSA) is 17.1 Å². The molecule has 0 heterocycles. The third kappa shape index (κ3) is 2.11. The minimum absolute atomic E-state index is 0.120. The third-order valence-electron chi connectivity index (χ3n) is 1.82. The second-order valence-corrected chi connectivity index (χ2v) is 2.95. The molecule has 0 spiro atoms. The van der Waals surface area contributed by atoms with Crippen molar-refractivity contribution >= 4 is 5.78 Å². The number of ketones is 1. The summed E-state index contributed by atoms with van der Waals surface area (Å²) < 4.78 is 24.7. The van der Waals surface area contributed by atoms with E-state index in [-0.39, 0.29) is 16.9 Å². The van der Waals surface area contributed by atoms with Gasteiger partial charge in [0, 0.05) is 11.1 Å². The second kappa shape index (κ2) is 3.64. The number of alkyl halides is 2. The second-order valence-electron chi connectivity index (χ2n) is 2.95. The van der Waals surface area contributed by atoms with Crippen LogP contribution < -0.4 is 0 Å². The van der Waals surface area contributed by atoms with Gasteiger partial charge in [-0.1, -0.05) is 17.7 Å². The SMILES string of the molecule is CC(=O)c1cc(C)ccc1C(F)F. The molecule has 13 heavy (non-hydrogen) atoms. The van der Waals surface area contributed by atoms with Gasteiger partial charge in [-0.05, 0) is 19.9 Å². The number of carbonyl (C=O) groups excluding carboxylic acids is 1. The summed E-state index contributed by atoms with van der Waals surface area (Å²) in [6.45, 7) is 3.06. The molecule has 0 atom stereocenters. The summed E-state index contributed by atoms with van der Waals surface area (Å²) in [6.07, 6.45) is -2.58. The van der Waals surface area contributed by atoms with Crippen LogP contribution in [0.3, 0.4) is 0 Å². The molecule has 0 saturated carbocycles. The van der Waals surface area contributed by atoms with Crippen LogP contribution in [0.4, 0.5) is 8.78 Å². The Balaban J connectivity index is 3.27. The van der Waals surface area contributed by atoms with Gasteiger partial charge in [0.25, 0.3) is 6.43 Å². The molecule has 0 aliphatic rings. The van der Waals surface area contributed by atoms with Crippen molar-refractivity contribution in [3.8, 4) is 0 Å². The summed E-state index contributed by atoms with van der Waals surface area (Å²) in [5.41, 5.74) is 0.753. The summed E-state index contributed by atoms with van der Waals surface area (Å²) in [6, 6.07) is 4.37. The molecule has 0 aliphatic heterocycles. The number of hydrogen-bond donors (Lipinski definition) is 0. The Kier molecular flexibility index (Phi) is 2.76. The van der Waals surface area contributed by atoms with Crippen molar-refractivity contribution in [2.24, 2.45) is 0 Å². The molecule has 70 valence electrons. The fourth-order valence-corrected chi connectivity index (χ4v) is 1.17. The fourth-order valence-electron chi connectivity index (χ4n) is 1.17. The van der Waals surface area contributed by atoms with E-state index in [0.717, 1.165) is 5.56 Å². The number of halogens is 2. The predicted octanol–water partition coefficient (Wildman–Crippen LogP) is 3.14. The normalized spacial score (nSPS) is 10.5. The van der Waals surface area contributed by atoms with Crippen molar-refractivity contribution < 1.29 is 13.6 Å². The average molecular weight is 184 g/mol. The number of carbonyl (C=O) groups is 1. The molecule has 0 saturated heterocycles. The monoisotopic (exact) mass is 184 g/mol. The first-order valence-corrected chi connectivity index (χ1v) is 3.92. The highest BCUT2D eigenvalue weighted by molar-refractivity contribution is 5.95. The van der Waals surface area contributed by atoms with E-state index in [2.05, 4.69) is 0 Å². The molecule has 0 aliphatic carbocycles. The molecule has 0 N–H and O–H groups in total. The molecule has 1 rings (SSSR count). The quantitative estimate of drug-likeness (QED) is 0.645. The van der Waals surface area contributed by atoms with Crippen LogP contribution in [-0.2, 0) is 0 Å². The Hall–Kier alpha value is -1.25. The van der Waals surface area contributed by atoms with Crippen molar-refractivity contribution in [2.75, 3.05) is 0 Å². The van der Waals surface area contributed by atoms with Crippen molar-refractivity contribution in [1.29, 1.82) is 0 Å². The number of rotatable bonds is 2. The van der Waals surface area contributed by atoms with Gasteiger partial charge in [-0.2, -0.15) is 0 Å². The van der Waals surface area contributed by atoms with Crippen LogP contribution in [0.1, 0.15) is 34.8 Å². The van der Waals surface area contributed by atoms with Crippen LogP contribution in [0.15, 0.2) is 18.2 Å². The highest BCUT2D eigenvalue weighted by Crippen LogP contribution is 2.23. The molecule has 1 nitrogen and oxygen atoms in total. The molecule has 0 fully saturated rings. The molecule has 0 bridgehead atoms. The lowest BCUT2D eigenvalue weighted by atomic mass is 10.0. The first kappa shape index (κ1) is 9.84. The Bertz CT molecular complexity index is 332. The number of benzene rings is 1. The van der Waals surface area contributed by atoms with E-state index >= 15 is 0 Å². The molecular formula is C10H10F2O. The zero-order valence-electron chi connectivity index (χ0n) is 7.47. The number of Topliss-reactive ketones (excluding diaryl/α,β-unsaturated/α-hetero) is 1. The standard InChI is InChI=1S/C10H10F2O/c1-6-3-4-8(10(11)12)9(5-6)7(2)13/h3-5,10H,1-2H3. The summed E-state index contributed by atoms with van der Waals surface area (Å²) in [4.78, 5) is 11.0. The van der Waals surface area contributed by atoms with Crippen LogP contribution in [0.5, 0.6) is 0 Å². The van der Waals surface area contributed by atoms with E-state index in [9.17, 15) is 13.6 Å². The minimum atomic E-state index is -2.58. The molecule has 0 radical (unpaired) electrons. The molecule has 1 aromatic carbocycles. The molecule has 3 heteroatoms. The third-order valence-corrected chi connectivity index (χ3v) is 1.82. The maximum Gasteiger partial charge on any atom is 0.264 e. The van der Waals surface area contributed by atoms with E-state index in [4.69, 9.17) is 0 Å². The van der Waals surface area contributed by atoms with Crippen LogP contribution in [0.25, 0.3) is 0 Å². The molecule has 0 unspecified atom stereocenters. The van der Waals surface area contributed by atoms with E-state index in [1.807, 2.05) is 0 Å². The molecular weight excluding hydrogens is 174 g/mol. The highest BCUT2D eigenvalue weighted by atomic mass is 19.3. The summed E-state index contributed by atoms with van der Waals surface area (Å²) in [5, 5.41) is 0. The Labute approximate surface area is 75.4 Å². The van der Waals surface area contributed by atoms with E-state index in [1.165, 1.54) is 19.1 Å². The van der Waals surface area contributed by atoms with Gasteiger partial charge in [0.15, 0.2) is 5.78 Å². The number of hydrogen-bond acceptors (Lipinski definition) is 1. The largest absolute Gasteiger partial charge is 0.294 e. The molecule has 0 aromatic heterocycles.